The van der Waals surface area contributed by atoms with Crippen molar-refractivity contribution >= 4 is 61.1 Å². The number of benzene rings is 1. The van der Waals surface area contributed by atoms with Crippen LogP contribution < -0.4 is 9.64 Å². The van der Waals surface area contributed by atoms with E-state index in [2.05, 4.69) is 18.7 Å². The van der Waals surface area contributed by atoms with Gasteiger partial charge in [-0.1, -0.05) is 30.0 Å². The summed E-state index contributed by atoms with van der Waals surface area (Å²) >= 11 is 5.01. The number of rotatable bonds is 7. The molecule has 1 fully saturated rings. The Kier molecular flexibility index (Phi) is 7.19. The summed E-state index contributed by atoms with van der Waals surface area (Å²) in [7, 11) is 0. The lowest BCUT2D eigenvalue weighted by molar-refractivity contribution is -0.0396. The van der Waals surface area contributed by atoms with Gasteiger partial charge in [-0.25, -0.2) is 15.0 Å². The van der Waals surface area contributed by atoms with Crippen LogP contribution >= 0.6 is 34.9 Å². The number of thioether (sulfide) groups is 2. The lowest BCUT2D eigenvalue weighted by Gasteiger charge is -2.36. The molecule has 0 radical (unpaired) electrons. The highest BCUT2D eigenvalue weighted by Crippen LogP contribution is 2.45. The van der Waals surface area contributed by atoms with Gasteiger partial charge in [-0.3, -0.25) is 0 Å². The fourth-order valence-electron chi connectivity index (χ4n) is 4.85. The van der Waals surface area contributed by atoms with E-state index in [0.717, 1.165) is 75.3 Å². The molecule has 0 spiro atoms. The summed E-state index contributed by atoms with van der Waals surface area (Å²) in [5, 5.41) is 2.96. The minimum Gasteiger partial charge on any atom is -0.493 e. The first kappa shape index (κ1) is 25.2. The fourth-order valence-corrected chi connectivity index (χ4v) is 7.34. The zero-order chi connectivity index (χ0) is 25.4. The van der Waals surface area contributed by atoms with Crippen LogP contribution in [0.4, 0.5) is 5.82 Å². The van der Waals surface area contributed by atoms with E-state index in [1.165, 1.54) is 16.5 Å². The second kappa shape index (κ2) is 10.6. The normalized spacial score (nSPS) is 17.3. The Hall–Kier alpha value is -2.11. The van der Waals surface area contributed by atoms with E-state index < -0.39 is 0 Å². The molecule has 3 aromatic heterocycles. The Morgan fingerprint density at radius 2 is 1.89 bits per heavy atom. The first-order valence-electron chi connectivity index (χ1n) is 12.5. The zero-order valence-corrected chi connectivity index (χ0v) is 23.7. The highest BCUT2D eigenvalue weighted by Gasteiger charge is 2.33. The van der Waals surface area contributed by atoms with E-state index in [1.54, 1.807) is 34.9 Å². The third-order valence-electron chi connectivity index (χ3n) is 6.64. The van der Waals surface area contributed by atoms with Gasteiger partial charge in [0.15, 0.2) is 5.16 Å². The first-order chi connectivity index (χ1) is 18.0. The number of hydrogen-bond donors (Lipinski definition) is 0. The number of nitrogens with zero attached hydrogens (tertiary/aromatic N) is 4. The Morgan fingerprint density at radius 3 is 2.68 bits per heavy atom. The quantitative estimate of drug-likeness (QED) is 0.122. The van der Waals surface area contributed by atoms with Crippen LogP contribution in [-0.4, -0.2) is 65.5 Å². The Balaban J connectivity index is 1.42. The Morgan fingerprint density at radius 1 is 1.08 bits per heavy atom. The maximum Gasteiger partial charge on any atom is 0.189 e. The van der Waals surface area contributed by atoms with Gasteiger partial charge in [-0.05, 0) is 37.8 Å². The van der Waals surface area contributed by atoms with Gasteiger partial charge in [0.25, 0.3) is 0 Å². The SMILES string of the molecule is CSc1nc(SCCOc2ccccc2)c2sc3nc(N4CCOCC4)c4c(c3c2n1)CC(C)(C)OC4. The van der Waals surface area contributed by atoms with Crippen LogP contribution in [0, 0.1) is 0 Å². The van der Waals surface area contributed by atoms with Crippen molar-refractivity contribution in [1.82, 2.24) is 15.0 Å². The average Bonchev–Trinajstić information content (AvgIpc) is 3.30. The first-order valence-corrected chi connectivity index (χ1v) is 15.5. The molecule has 0 atom stereocenters. The summed E-state index contributed by atoms with van der Waals surface area (Å²) in [6.07, 6.45) is 2.86. The summed E-state index contributed by atoms with van der Waals surface area (Å²) in [6, 6.07) is 9.94. The molecule has 7 nitrogen and oxygen atoms in total. The van der Waals surface area contributed by atoms with E-state index in [-0.39, 0.29) is 5.60 Å². The van der Waals surface area contributed by atoms with E-state index >= 15 is 0 Å². The third kappa shape index (κ3) is 5.14. The van der Waals surface area contributed by atoms with E-state index in [4.69, 9.17) is 29.2 Å². The van der Waals surface area contributed by atoms with Crippen LogP contribution in [0.2, 0.25) is 0 Å². The van der Waals surface area contributed by atoms with E-state index in [1.807, 2.05) is 36.6 Å². The summed E-state index contributed by atoms with van der Waals surface area (Å²) in [5.74, 6) is 2.73. The fraction of sp³-hybridized carbons (Fsp3) is 0.444. The van der Waals surface area contributed by atoms with Crippen molar-refractivity contribution in [2.24, 2.45) is 0 Å². The van der Waals surface area contributed by atoms with Gasteiger partial charge in [0.05, 0.1) is 42.2 Å². The van der Waals surface area contributed by atoms with Crippen LogP contribution in [-0.2, 0) is 22.5 Å². The van der Waals surface area contributed by atoms with Crippen LogP contribution in [0.1, 0.15) is 25.0 Å². The van der Waals surface area contributed by atoms with Crippen molar-refractivity contribution in [3.8, 4) is 5.75 Å². The van der Waals surface area contributed by atoms with E-state index in [9.17, 15) is 0 Å². The van der Waals surface area contributed by atoms with Crippen molar-refractivity contribution in [2.75, 3.05) is 49.8 Å². The molecule has 0 unspecified atom stereocenters. The molecule has 4 aromatic rings. The van der Waals surface area contributed by atoms with Crippen molar-refractivity contribution in [3.63, 3.8) is 0 Å². The van der Waals surface area contributed by atoms with Crippen molar-refractivity contribution in [3.05, 3.63) is 41.5 Å². The minimum atomic E-state index is -0.237. The molecule has 2 aliphatic rings. The molecule has 1 aromatic carbocycles. The third-order valence-corrected chi connectivity index (χ3v) is 9.34. The molecule has 0 aliphatic carbocycles. The van der Waals surface area contributed by atoms with E-state index in [0.29, 0.717) is 13.2 Å². The number of para-hydroxylation sites is 1. The van der Waals surface area contributed by atoms with Crippen molar-refractivity contribution in [1.29, 1.82) is 0 Å². The van der Waals surface area contributed by atoms with Gasteiger partial charge >= 0.3 is 0 Å². The van der Waals surface area contributed by atoms with Crippen molar-refractivity contribution in [2.45, 2.75) is 42.7 Å². The maximum absolute atomic E-state index is 6.28. The molecule has 2 aliphatic heterocycles. The second-order valence-electron chi connectivity index (χ2n) is 9.70. The lowest BCUT2D eigenvalue weighted by Crippen LogP contribution is -2.39. The monoisotopic (exact) mass is 554 g/mol. The number of morpholine rings is 1. The standard InChI is InChI=1S/C27H30N4O3S3/c1-27(2)15-18-19(16-34-27)23(31-9-11-32-12-10-31)29-24-20(18)21-22(37-24)25(30-26(28-21)35-3)36-14-13-33-17-7-5-4-6-8-17/h4-8H,9-16H2,1-3H3. The van der Waals surface area contributed by atoms with Gasteiger partial charge in [-0.15, -0.1) is 23.1 Å². The molecule has 1 saturated heterocycles. The highest BCUT2D eigenvalue weighted by atomic mass is 32.2. The molecule has 0 saturated carbocycles. The molecule has 5 heterocycles. The lowest BCUT2D eigenvalue weighted by atomic mass is 9.90. The van der Waals surface area contributed by atoms with Gasteiger partial charge in [0.1, 0.15) is 21.4 Å². The molecular formula is C27H30N4O3S3. The number of ether oxygens (including phenoxy) is 3. The molecule has 194 valence electrons. The second-order valence-corrected chi connectivity index (χ2v) is 12.6. The molecule has 10 heteroatoms. The molecule has 0 N–H and O–H groups in total. The van der Waals surface area contributed by atoms with Gasteiger partial charge in [0, 0.05) is 36.2 Å². The molecule has 6 rings (SSSR count). The van der Waals surface area contributed by atoms with Crippen LogP contribution in [0.15, 0.2) is 40.5 Å². The number of aromatic nitrogens is 3. The number of hydrogen-bond acceptors (Lipinski definition) is 10. The largest absolute Gasteiger partial charge is 0.493 e. The summed E-state index contributed by atoms with van der Waals surface area (Å²) in [6.45, 7) is 8.65. The van der Waals surface area contributed by atoms with Crippen LogP contribution in [0.25, 0.3) is 20.4 Å². The molecular weight excluding hydrogens is 525 g/mol. The van der Waals surface area contributed by atoms with Gasteiger partial charge in [-0.2, -0.15) is 0 Å². The summed E-state index contributed by atoms with van der Waals surface area (Å²) in [5.41, 5.74) is 3.30. The number of fused-ring (bicyclic) bond motifs is 5. The highest BCUT2D eigenvalue weighted by molar-refractivity contribution is 7.99. The average molecular weight is 555 g/mol. The van der Waals surface area contributed by atoms with Gasteiger partial charge in [0.2, 0.25) is 0 Å². The number of thiophene rings is 1. The summed E-state index contributed by atoms with van der Waals surface area (Å²) < 4.78 is 18.9. The molecule has 0 bridgehead atoms. The Labute approximate surface area is 229 Å². The predicted molar refractivity (Wildman–Crippen MR) is 153 cm³/mol. The Bertz CT molecular complexity index is 1420. The van der Waals surface area contributed by atoms with Crippen LogP contribution in [0.3, 0.4) is 0 Å². The number of anilines is 1. The minimum absolute atomic E-state index is 0.237. The van der Waals surface area contributed by atoms with Gasteiger partial charge < -0.3 is 19.1 Å². The molecule has 37 heavy (non-hydrogen) atoms. The maximum atomic E-state index is 6.28. The van der Waals surface area contributed by atoms with Crippen molar-refractivity contribution < 1.29 is 14.2 Å². The topological polar surface area (TPSA) is 69.6 Å². The molecule has 0 amide bonds. The smallest absolute Gasteiger partial charge is 0.189 e. The number of pyridine rings is 1. The zero-order valence-electron chi connectivity index (χ0n) is 21.3. The van der Waals surface area contributed by atoms with Crippen LogP contribution in [0.5, 0.6) is 5.75 Å². The summed E-state index contributed by atoms with van der Waals surface area (Å²) in [4.78, 5) is 18.5. The predicted octanol–water partition coefficient (Wildman–Crippen LogP) is 5.82.